The van der Waals surface area contributed by atoms with Crippen LogP contribution < -0.4 is 4.90 Å². The third-order valence-electron chi connectivity index (χ3n) is 3.16. The average Bonchev–Trinajstić information content (AvgIpc) is 2.81. The van der Waals surface area contributed by atoms with Crippen molar-refractivity contribution in [3.8, 4) is 0 Å². The fourth-order valence-electron chi connectivity index (χ4n) is 2.25. The largest absolute Gasteiger partial charge is 0.392 e. The van der Waals surface area contributed by atoms with Crippen LogP contribution in [0.1, 0.15) is 18.4 Å². The second kappa shape index (κ2) is 5.71. The number of hydrogen-bond donors (Lipinski definition) is 1. The zero-order valence-electron chi connectivity index (χ0n) is 10.0. The van der Waals surface area contributed by atoms with Crippen LogP contribution in [0.2, 0.25) is 5.02 Å². The summed E-state index contributed by atoms with van der Waals surface area (Å²) in [6, 6.07) is 5.69. The van der Waals surface area contributed by atoms with E-state index in [2.05, 4.69) is 4.90 Å². The van der Waals surface area contributed by atoms with Gasteiger partial charge >= 0.3 is 0 Å². The Balaban J connectivity index is 2.12. The molecule has 0 bridgehead atoms. The van der Waals surface area contributed by atoms with Crippen LogP contribution in [0.25, 0.3) is 0 Å². The van der Waals surface area contributed by atoms with Gasteiger partial charge in [-0.25, -0.2) is 0 Å². The first kappa shape index (κ1) is 12.7. The van der Waals surface area contributed by atoms with Crippen LogP contribution in [-0.4, -0.2) is 31.4 Å². The van der Waals surface area contributed by atoms with Gasteiger partial charge in [0.25, 0.3) is 0 Å². The molecule has 1 N–H and O–H groups in total. The van der Waals surface area contributed by atoms with Crippen molar-refractivity contribution in [2.45, 2.75) is 25.6 Å². The molecule has 1 aromatic carbocycles. The molecular weight excluding hydrogens is 238 g/mol. The fraction of sp³-hybridized carbons (Fsp3) is 0.538. The highest BCUT2D eigenvalue weighted by molar-refractivity contribution is 6.31. The molecule has 1 fully saturated rings. The first-order valence-electron chi connectivity index (χ1n) is 5.93. The van der Waals surface area contributed by atoms with Crippen molar-refractivity contribution >= 4 is 17.3 Å². The van der Waals surface area contributed by atoms with Gasteiger partial charge < -0.3 is 14.7 Å². The summed E-state index contributed by atoms with van der Waals surface area (Å²) in [6.45, 7) is 1.67. The van der Waals surface area contributed by atoms with Crippen molar-refractivity contribution in [2.75, 3.05) is 25.1 Å². The van der Waals surface area contributed by atoms with Crippen molar-refractivity contribution in [2.24, 2.45) is 0 Å². The van der Waals surface area contributed by atoms with Crippen molar-refractivity contribution in [1.82, 2.24) is 0 Å². The lowest BCUT2D eigenvalue weighted by Crippen LogP contribution is -2.29. The highest BCUT2D eigenvalue weighted by Crippen LogP contribution is 2.27. The zero-order chi connectivity index (χ0) is 12.3. The Morgan fingerprint density at radius 3 is 3.00 bits per heavy atom. The van der Waals surface area contributed by atoms with Crippen LogP contribution in [0.5, 0.6) is 0 Å². The number of aliphatic hydroxyl groups excluding tert-OH is 1. The molecule has 0 aromatic heterocycles. The third-order valence-corrected chi connectivity index (χ3v) is 3.52. The molecule has 0 aliphatic carbocycles. The maximum absolute atomic E-state index is 9.37. The molecule has 17 heavy (non-hydrogen) atoms. The van der Waals surface area contributed by atoms with Crippen LogP contribution in [0, 0.1) is 0 Å². The molecule has 1 aliphatic heterocycles. The Bertz CT molecular complexity index is 378. The van der Waals surface area contributed by atoms with E-state index in [0.717, 1.165) is 37.2 Å². The van der Waals surface area contributed by atoms with Gasteiger partial charge in [-0.2, -0.15) is 0 Å². The molecular formula is C13H18ClNO2. The van der Waals surface area contributed by atoms with E-state index >= 15 is 0 Å². The molecule has 1 saturated heterocycles. The van der Waals surface area contributed by atoms with Crippen LogP contribution in [0.15, 0.2) is 18.2 Å². The molecule has 1 atom stereocenters. The molecule has 1 aromatic rings. The van der Waals surface area contributed by atoms with E-state index in [1.807, 2.05) is 19.2 Å². The van der Waals surface area contributed by atoms with Gasteiger partial charge in [0.2, 0.25) is 0 Å². The second-order valence-corrected chi connectivity index (χ2v) is 4.82. The van der Waals surface area contributed by atoms with Gasteiger partial charge in [0, 0.05) is 36.5 Å². The molecule has 0 radical (unpaired) electrons. The smallest absolute Gasteiger partial charge is 0.0750 e. The molecule has 2 rings (SSSR count). The minimum atomic E-state index is -0.0368. The predicted molar refractivity (Wildman–Crippen MR) is 69.6 cm³/mol. The molecule has 1 heterocycles. The molecule has 1 unspecified atom stereocenters. The summed E-state index contributed by atoms with van der Waals surface area (Å²) in [5.41, 5.74) is 1.77. The molecule has 0 spiro atoms. The number of nitrogens with zero attached hydrogens (tertiary/aromatic N) is 1. The number of halogens is 1. The Morgan fingerprint density at radius 1 is 1.53 bits per heavy atom. The number of benzene rings is 1. The van der Waals surface area contributed by atoms with E-state index in [9.17, 15) is 5.11 Å². The van der Waals surface area contributed by atoms with Gasteiger partial charge in [-0.1, -0.05) is 17.7 Å². The minimum Gasteiger partial charge on any atom is -0.392 e. The molecule has 1 aliphatic rings. The Hall–Kier alpha value is -0.770. The predicted octanol–water partition coefficient (Wildman–Crippen LogP) is 2.45. The molecule has 3 nitrogen and oxygen atoms in total. The van der Waals surface area contributed by atoms with Crippen LogP contribution >= 0.6 is 11.6 Å². The first-order chi connectivity index (χ1) is 8.22. The SMILES string of the molecule is CN(CC1CCCO1)c1cccc(Cl)c1CO. The number of anilines is 1. The molecule has 4 heteroatoms. The number of ether oxygens (including phenoxy) is 1. The van der Waals surface area contributed by atoms with Crippen molar-refractivity contribution in [1.29, 1.82) is 0 Å². The van der Waals surface area contributed by atoms with E-state index in [0.29, 0.717) is 11.1 Å². The van der Waals surface area contributed by atoms with Gasteiger partial charge in [0.15, 0.2) is 0 Å². The quantitative estimate of drug-likeness (QED) is 0.897. The van der Waals surface area contributed by atoms with Gasteiger partial charge in [0.05, 0.1) is 12.7 Å². The second-order valence-electron chi connectivity index (χ2n) is 4.41. The highest BCUT2D eigenvalue weighted by Gasteiger charge is 2.19. The van der Waals surface area contributed by atoms with Gasteiger partial charge in [0.1, 0.15) is 0 Å². The third kappa shape index (κ3) is 2.92. The summed E-state index contributed by atoms with van der Waals surface area (Å²) in [6.07, 6.45) is 2.55. The summed E-state index contributed by atoms with van der Waals surface area (Å²) in [4.78, 5) is 2.10. The maximum atomic E-state index is 9.37. The van der Waals surface area contributed by atoms with E-state index in [1.54, 1.807) is 6.07 Å². The minimum absolute atomic E-state index is 0.0368. The van der Waals surface area contributed by atoms with Crippen LogP contribution in [0.3, 0.4) is 0 Å². The molecule has 0 saturated carbocycles. The lowest BCUT2D eigenvalue weighted by Gasteiger charge is -2.25. The van der Waals surface area contributed by atoms with Crippen molar-refractivity contribution < 1.29 is 9.84 Å². The fourth-order valence-corrected chi connectivity index (χ4v) is 2.48. The number of hydrogen-bond acceptors (Lipinski definition) is 3. The van der Waals surface area contributed by atoms with E-state index in [4.69, 9.17) is 16.3 Å². The Labute approximate surface area is 107 Å². The zero-order valence-corrected chi connectivity index (χ0v) is 10.8. The van der Waals surface area contributed by atoms with Crippen LogP contribution in [-0.2, 0) is 11.3 Å². The first-order valence-corrected chi connectivity index (χ1v) is 6.31. The molecule has 0 amide bonds. The normalized spacial score (nSPS) is 19.6. The molecule has 94 valence electrons. The Kier molecular flexibility index (Phi) is 4.26. The number of likely N-dealkylation sites (N-methyl/N-ethyl adjacent to an activating group) is 1. The summed E-state index contributed by atoms with van der Waals surface area (Å²) >= 11 is 6.07. The average molecular weight is 256 g/mol. The standard InChI is InChI=1S/C13H18ClNO2/c1-15(8-10-4-3-7-17-10)13-6-2-5-12(14)11(13)9-16/h2,5-6,10,16H,3-4,7-9H2,1H3. The summed E-state index contributed by atoms with van der Waals surface area (Å²) in [7, 11) is 2.01. The van der Waals surface area contributed by atoms with Crippen molar-refractivity contribution in [3.63, 3.8) is 0 Å². The highest BCUT2D eigenvalue weighted by atomic mass is 35.5. The van der Waals surface area contributed by atoms with Gasteiger partial charge in [-0.05, 0) is 25.0 Å². The number of rotatable bonds is 4. The van der Waals surface area contributed by atoms with Gasteiger partial charge in [-0.15, -0.1) is 0 Å². The lowest BCUT2D eigenvalue weighted by molar-refractivity contribution is 0.116. The lowest BCUT2D eigenvalue weighted by atomic mass is 10.1. The van der Waals surface area contributed by atoms with Gasteiger partial charge in [-0.3, -0.25) is 0 Å². The van der Waals surface area contributed by atoms with E-state index in [-0.39, 0.29) is 6.61 Å². The number of aliphatic hydroxyl groups is 1. The monoisotopic (exact) mass is 255 g/mol. The maximum Gasteiger partial charge on any atom is 0.0750 e. The summed E-state index contributed by atoms with van der Waals surface area (Å²) in [5.74, 6) is 0. The Morgan fingerprint density at radius 2 is 2.35 bits per heavy atom. The summed E-state index contributed by atoms with van der Waals surface area (Å²) < 4.78 is 5.61. The van der Waals surface area contributed by atoms with E-state index in [1.165, 1.54) is 0 Å². The topological polar surface area (TPSA) is 32.7 Å². The summed E-state index contributed by atoms with van der Waals surface area (Å²) in [5, 5.41) is 9.98. The van der Waals surface area contributed by atoms with Crippen molar-refractivity contribution in [3.05, 3.63) is 28.8 Å². The van der Waals surface area contributed by atoms with Crippen LogP contribution in [0.4, 0.5) is 5.69 Å². The van der Waals surface area contributed by atoms with E-state index < -0.39 is 0 Å².